The van der Waals surface area contributed by atoms with E-state index < -0.39 is 0 Å². The van der Waals surface area contributed by atoms with Crippen molar-refractivity contribution in [2.75, 3.05) is 13.2 Å². The van der Waals surface area contributed by atoms with E-state index in [9.17, 15) is 4.79 Å². The summed E-state index contributed by atoms with van der Waals surface area (Å²) >= 11 is 0. The fourth-order valence-corrected chi connectivity index (χ4v) is 3.44. The number of piperidine rings is 1. The van der Waals surface area contributed by atoms with Crippen molar-refractivity contribution < 1.29 is 13.9 Å². The van der Waals surface area contributed by atoms with Gasteiger partial charge in [0.2, 0.25) is 0 Å². The molecule has 0 amide bonds. The lowest BCUT2D eigenvalue weighted by Crippen LogP contribution is -2.55. The van der Waals surface area contributed by atoms with Gasteiger partial charge in [-0.1, -0.05) is 18.2 Å². The Morgan fingerprint density at radius 3 is 2.70 bits per heavy atom. The van der Waals surface area contributed by atoms with Gasteiger partial charge in [-0.3, -0.25) is 4.79 Å². The van der Waals surface area contributed by atoms with Gasteiger partial charge in [0.1, 0.15) is 11.8 Å². The van der Waals surface area contributed by atoms with E-state index in [2.05, 4.69) is 5.32 Å². The summed E-state index contributed by atoms with van der Waals surface area (Å²) in [4.78, 5) is 12.8. The number of carbonyl (C=O) groups is 1. The third kappa shape index (κ3) is 1.96. The van der Waals surface area contributed by atoms with E-state index in [1.807, 2.05) is 24.3 Å². The van der Waals surface area contributed by atoms with Crippen LogP contribution in [0.2, 0.25) is 0 Å². The van der Waals surface area contributed by atoms with Gasteiger partial charge in [0, 0.05) is 23.4 Å². The number of morpholine rings is 1. The van der Waals surface area contributed by atoms with Crippen molar-refractivity contribution in [3.63, 3.8) is 0 Å². The van der Waals surface area contributed by atoms with Crippen molar-refractivity contribution >= 4 is 16.8 Å². The van der Waals surface area contributed by atoms with Gasteiger partial charge in [0.15, 0.2) is 5.78 Å². The number of furan rings is 1. The smallest absolute Gasteiger partial charge is 0.169 e. The zero-order chi connectivity index (χ0) is 13.5. The van der Waals surface area contributed by atoms with Gasteiger partial charge < -0.3 is 14.5 Å². The molecule has 2 unspecified atom stereocenters. The molecule has 0 saturated carbocycles. The minimum absolute atomic E-state index is 0.0798. The lowest BCUT2D eigenvalue weighted by Gasteiger charge is -2.39. The topological polar surface area (TPSA) is 51.5 Å². The highest BCUT2D eigenvalue weighted by Crippen LogP contribution is 2.30. The lowest BCUT2D eigenvalue weighted by molar-refractivity contribution is 0.00954. The number of benzene rings is 1. The standard InChI is InChI=1S/C16H17NO3/c18-16(10-5-11-7-19-8-12(6-10)17-11)14-9-20-15-4-2-1-3-13(14)15/h1-4,9-12,17H,5-8H2. The molecule has 4 nitrogen and oxygen atoms in total. The number of ketones is 1. The first-order valence-corrected chi connectivity index (χ1v) is 7.15. The Balaban J connectivity index is 1.63. The molecule has 2 atom stereocenters. The lowest BCUT2D eigenvalue weighted by atomic mass is 9.82. The molecule has 2 saturated heterocycles. The maximum atomic E-state index is 12.8. The molecule has 1 aromatic carbocycles. The molecule has 1 N–H and O–H groups in total. The number of ether oxygens (including phenoxy) is 1. The third-order valence-electron chi connectivity index (χ3n) is 4.36. The van der Waals surface area contributed by atoms with Crippen LogP contribution in [0.15, 0.2) is 34.9 Å². The maximum Gasteiger partial charge on any atom is 0.169 e. The van der Waals surface area contributed by atoms with E-state index in [1.165, 1.54) is 0 Å². The second-order valence-electron chi connectivity index (χ2n) is 5.78. The van der Waals surface area contributed by atoms with Gasteiger partial charge in [-0.25, -0.2) is 0 Å². The molecule has 0 aliphatic carbocycles. The van der Waals surface area contributed by atoms with Crippen LogP contribution < -0.4 is 5.32 Å². The summed E-state index contributed by atoms with van der Waals surface area (Å²) < 4.78 is 11.0. The Bertz CT molecular complexity index is 636. The summed E-state index contributed by atoms with van der Waals surface area (Å²) in [6.07, 6.45) is 3.32. The summed E-state index contributed by atoms with van der Waals surface area (Å²) in [6.45, 7) is 1.43. The van der Waals surface area contributed by atoms with E-state index in [0.29, 0.717) is 25.3 Å². The normalized spacial score (nSPS) is 29.5. The van der Waals surface area contributed by atoms with Gasteiger partial charge in [-0.2, -0.15) is 0 Å². The molecule has 2 aromatic rings. The van der Waals surface area contributed by atoms with E-state index in [1.54, 1.807) is 6.26 Å². The Morgan fingerprint density at radius 1 is 1.15 bits per heavy atom. The average Bonchev–Trinajstić information content (AvgIpc) is 2.90. The van der Waals surface area contributed by atoms with Crippen LogP contribution in [0.5, 0.6) is 0 Å². The fourth-order valence-electron chi connectivity index (χ4n) is 3.44. The Morgan fingerprint density at radius 2 is 1.90 bits per heavy atom. The molecule has 2 aliphatic heterocycles. The highest BCUT2D eigenvalue weighted by atomic mass is 16.5. The fraction of sp³-hybridized carbons (Fsp3) is 0.438. The SMILES string of the molecule is O=C(c1coc2ccccc12)C1CC2COCC(C1)N2. The Labute approximate surface area is 117 Å². The first-order valence-electron chi connectivity index (χ1n) is 7.15. The number of rotatable bonds is 2. The summed E-state index contributed by atoms with van der Waals surface area (Å²) in [5, 5.41) is 4.45. The van der Waals surface area contributed by atoms with Crippen LogP contribution in [0.4, 0.5) is 0 Å². The van der Waals surface area contributed by atoms with Crippen molar-refractivity contribution in [1.82, 2.24) is 5.32 Å². The maximum absolute atomic E-state index is 12.8. The number of hydrogen-bond donors (Lipinski definition) is 1. The van der Waals surface area contributed by atoms with Crippen molar-refractivity contribution in [1.29, 1.82) is 0 Å². The Kier molecular flexibility index (Phi) is 2.86. The molecular formula is C16H17NO3. The monoisotopic (exact) mass is 271 g/mol. The molecule has 2 bridgehead atoms. The van der Waals surface area contributed by atoms with Crippen molar-refractivity contribution in [2.45, 2.75) is 24.9 Å². The highest BCUT2D eigenvalue weighted by Gasteiger charge is 2.36. The quantitative estimate of drug-likeness (QED) is 0.852. The van der Waals surface area contributed by atoms with E-state index >= 15 is 0 Å². The average molecular weight is 271 g/mol. The molecule has 2 fully saturated rings. The first-order chi connectivity index (χ1) is 9.81. The van der Waals surface area contributed by atoms with E-state index in [4.69, 9.17) is 9.15 Å². The molecule has 2 aliphatic rings. The van der Waals surface area contributed by atoms with Gasteiger partial charge in [0.05, 0.1) is 18.8 Å². The van der Waals surface area contributed by atoms with Crippen LogP contribution in [0.1, 0.15) is 23.2 Å². The molecule has 0 spiro atoms. The minimum Gasteiger partial charge on any atom is -0.464 e. The molecule has 0 radical (unpaired) electrons. The molecule has 4 rings (SSSR count). The van der Waals surface area contributed by atoms with Crippen LogP contribution in [-0.4, -0.2) is 31.1 Å². The van der Waals surface area contributed by atoms with Crippen LogP contribution in [0.3, 0.4) is 0 Å². The predicted molar refractivity (Wildman–Crippen MR) is 74.8 cm³/mol. The second-order valence-corrected chi connectivity index (χ2v) is 5.78. The number of para-hydroxylation sites is 1. The third-order valence-corrected chi connectivity index (χ3v) is 4.36. The molecular weight excluding hydrogens is 254 g/mol. The molecule has 4 heteroatoms. The van der Waals surface area contributed by atoms with Gasteiger partial charge in [-0.05, 0) is 18.9 Å². The summed E-state index contributed by atoms with van der Waals surface area (Å²) in [5.41, 5.74) is 1.51. The predicted octanol–water partition coefficient (Wildman–Crippen LogP) is 2.38. The first kappa shape index (κ1) is 12.1. The van der Waals surface area contributed by atoms with Crippen LogP contribution >= 0.6 is 0 Å². The van der Waals surface area contributed by atoms with Crippen molar-refractivity contribution in [3.8, 4) is 0 Å². The highest BCUT2D eigenvalue weighted by molar-refractivity contribution is 6.08. The van der Waals surface area contributed by atoms with Crippen molar-refractivity contribution in [2.24, 2.45) is 5.92 Å². The zero-order valence-electron chi connectivity index (χ0n) is 11.2. The zero-order valence-corrected chi connectivity index (χ0v) is 11.2. The number of fused-ring (bicyclic) bond motifs is 3. The molecule has 20 heavy (non-hydrogen) atoms. The second kappa shape index (κ2) is 4.72. The van der Waals surface area contributed by atoms with Crippen LogP contribution in [0, 0.1) is 5.92 Å². The van der Waals surface area contributed by atoms with Crippen LogP contribution in [0.25, 0.3) is 11.0 Å². The van der Waals surface area contributed by atoms with E-state index in [0.717, 1.165) is 29.4 Å². The molecule has 104 valence electrons. The van der Waals surface area contributed by atoms with Gasteiger partial charge in [0.25, 0.3) is 0 Å². The minimum atomic E-state index is 0.0798. The Hall–Kier alpha value is -1.65. The number of hydrogen-bond acceptors (Lipinski definition) is 4. The summed E-state index contributed by atoms with van der Waals surface area (Å²) in [7, 11) is 0. The summed E-state index contributed by atoms with van der Waals surface area (Å²) in [5.74, 6) is 0.296. The van der Waals surface area contributed by atoms with Crippen molar-refractivity contribution in [3.05, 3.63) is 36.1 Å². The molecule has 3 heterocycles. The largest absolute Gasteiger partial charge is 0.464 e. The van der Waals surface area contributed by atoms with Crippen LogP contribution in [-0.2, 0) is 4.74 Å². The number of nitrogens with one attached hydrogen (secondary N) is 1. The summed E-state index contributed by atoms with van der Waals surface area (Å²) in [6, 6.07) is 8.35. The van der Waals surface area contributed by atoms with Gasteiger partial charge in [-0.15, -0.1) is 0 Å². The number of Topliss-reactive ketones (excluding diaryl/α,β-unsaturated/α-hetero) is 1. The molecule has 1 aromatic heterocycles. The number of carbonyl (C=O) groups excluding carboxylic acids is 1. The van der Waals surface area contributed by atoms with E-state index in [-0.39, 0.29) is 11.7 Å². The van der Waals surface area contributed by atoms with Gasteiger partial charge >= 0.3 is 0 Å².